The predicted octanol–water partition coefficient (Wildman–Crippen LogP) is 2.82. The van der Waals surface area contributed by atoms with Gasteiger partial charge in [-0.1, -0.05) is 0 Å². The Kier molecular flexibility index (Phi) is 7.42. The number of urea groups is 1. The summed E-state index contributed by atoms with van der Waals surface area (Å²) in [6, 6.07) is -1.87. The van der Waals surface area contributed by atoms with E-state index in [1.807, 2.05) is 5.32 Å². The van der Waals surface area contributed by atoms with Crippen LogP contribution in [-0.4, -0.2) is 66.3 Å². The van der Waals surface area contributed by atoms with Gasteiger partial charge in [0.2, 0.25) is 11.8 Å². The topological polar surface area (TPSA) is 110 Å². The van der Waals surface area contributed by atoms with Gasteiger partial charge >= 0.3 is 12.2 Å². The van der Waals surface area contributed by atoms with Crippen LogP contribution in [0.3, 0.4) is 0 Å². The van der Waals surface area contributed by atoms with Crippen molar-refractivity contribution in [1.29, 1.82) is 0 Å². The molecule has 1 saturated carbocycles. The monoisotopic (exact) mass is 479 g/mol. The van der Waals surface area contributed by atoms with Crippen LogP contribution in [0.5, 0.6) is 0 Å². The van der Waals surface area contributed by atoms with Crippen LogP contribution in [0.1, 0.15) is 37.3 Å². The maximum atomic E-state index is 13.4. The third kappa shape index (κ3) is 6.08. The van der Waals surface area contributed by atoms with E-state index in [-0.39, 0.29) is 38.1 Å². The molecule has 33 heavy (non-hydrogen) atoms. The van der Waals surface area contributed by atoms with Crippen molar-refractivity contribution in [3.8, 4) is 0 Å². The molecular formula is C20H26F5N5O3. The molecule has 0 bridgehead atoms. The number of anilines is 1. The first kappa shape index (κ1) is 25.1. The molecule has 0 unspecified atom stereocenters. The fraction of sp³-hybridized carbons (Fsp3) is 0.650. The highest BCUT2D eigenvalue weighted by Gasteiger charge is 2.48. The smallest absolute Gasteiger partial charge is 0.382 e. The number of aromatic nitrogens is 1. The number of hydrogen-bond acceptors (Lipinski definition) is 5. The first-order chi connectivity index (χ1) is 15.4. The molecule has 1 saturated heterocycles. The quantitative estimate of drug-likeness (QED) is 0.521. The zero-order chi connectivity index (χ0) is 24.4. The molecule has 8 nitrogen and oxygen atoms in total. The van der Waals surface area contributed by atoms with Gasteiger partial charge in [0.1, 0.15) is 11.9 Å². The summed E-state index contributed by atoms with van der Waals surface area (Å²) in [5.41, 5.74) is 6.37. The average Bonchev–Trinajstić information content (AvgIpc) is 3.13. The lowest BCUT2D eigenvalue weighted by Crippen LogP contribution is -2.44. The van der Waals surface area contributed by atoms with Gasteiger partial charge in [-0.15, -0.1) is 0 Å². The van der Waals surface area contributed by atoms with Crippen molar-refractivity contribution in [1.82, 2.24) is 15.2 Å². The molecule has 2 fully saturated rings. The first-order valence-corrected chi connectivity index (χ1v) is 10.4. The highest BCUT2D eigenvalue weighted by atomic mass is 19.4. The number of methoxy groups -OCH3 is 1. The van der Waals surface area contributed by atoms with Crippen molar-refractivity contribution < 1.29 is 36.3 Å². The molecule has 2 aliphatic rings. The molecule has 4 N–H and O–H groups in total. The standard InChI is InChI=1S/C20H26F5N5O3/c1-33-10-13(30-9-14(20(23,24)25)28-18(30)32)12-4-7-27-15(8-12)29-17(31)16(26)11-2-5-19(21,22)6-3-11/h4,7-8,11,13-14,16H,2-3,5-6,9-10,26H2,1H3,(H,28,32)(H,27,29,31)/t13-,14+,16+/m1/s1. The largest absolute Gasteiger partial charge is 0.410 e. The summed E-state index contributed by atoms with van der Waals surface area (Å²) in [4.78, 5) is 29.8. The molecule has 0 radical (unpaired) electrons. The Morgan fingerprint density at radius 1 is 1.39 bits per heavy atom. The highest BCUT2D eigenvalue weighted by Crippen LogP contribution is 2.37. The van der Waals surface area contributed by atoms with Gasteiger partial charge in [-0.25, -0.2) is 18.6 Å². The molecular weight excluding hydrogens is 453 g/mol. The number of ether oxygens (including phenoxy) is 1. The molecule has 13 heteroatoms. The van der Waals surface area contributed by atoms with Gasteiger partial charge in [0.15, 0.2) is 0 Å². The van der Waals surface area contributed by atoms with E-state index in [2.05, 4.69) is 10.3 Å². The van der Waals surface area contributed by atoms with Crippen molar-refractivity contribution in [3.05, 3.63) is 23.9 Å². The highest BCUT2D eigenvalue weighted by molar-refractivity contribution is 5.94. The van der Waals surface area contributed by atoms with E-state index in [0.717, 1.165) is 4.90 Å². The predicted molar refractivity (Wildman–Crippen MR) is 107 cm³/mol. The molecule has 0 aromatic carbocycles. The van der Waals surface area contributed by atoms with Gasteiger partial charge < -0.3 is 26.0 Å². The van der Waals surface area contributed by atoms with Crippen LogP contribution >= 0.6 is 0 Å². The number of amides is 3. The van der Waals surface area contributed by atoms with Crippen LogP contribution in [-0.2, 0) is 9.53 Å². The zero-order valence-electron chi connectivity index (χ0n) is 17.9. The molecule has 1 aromatic rings. The molecule has 1 aliphatic carbocycles. The van der Waals surface area contributed by atoms with Gasteiger partial charge in [0, 0.05) is 26.1 Å². The van der Waals surface area contributed by atoms with Gasteiger partial charge in [-0.2, -0.15) is 13.2 Å². The number of alkyl halides is 5. The second-order valence-corrected chi connectivity index (χ2v) is 8.35. The Bertz CT molecular complexity index is 859. The molecule has 0 spiro atoms. The minimum Gasteiger partial charge on any atom is -0.382 e. The number of nitrogens with one attached hydrogen (secondary N) is 2. The molecule has 2 heterocycles. The van der Waals surface area contributed by atoms with Crippen LogP contribution in [0.4, 0.5) is 32.6 Å². The van der Waals surface area contributed by atoms with Crippen molar-refractivity contribution >= 4 is 17.8 Å². The van der Waals surface area contributed by atoms with E-state index >= 15 is 0 Å². The summed E-state index contributed by atoms with van der Waals surface area (Å²) in [7, 11) is 1.35. The number of rotatable bonds is 7. The number of pyridine rings is 1. The second kappa shape index (κ2) is 9.75. The van der Waals surface area contributed by atoms with E-state index < -0.39 is 54.6 Å². The Labute approximate surface area is 187 Å². The normalized spacial score (nSPS) is 23.2. The molecule has 3 atom stereocenters. The fourth-order valence-corrected chi connectivity index (χ4v) is 4.10. The van der Waals surface area contributed by atoms with Crippen LogP contribution in [0, 0.1) is 5.92 Å². The first-order valence-electron chi connectivity index (χ1n) is 10.4. The third-order valence-corrected chi connectivity index (χ3v) is 6.03. The van der Waals surface area contributed by atoms with Crippen LogP contribution in [0.2, 0.25) is 0 Å². The number of carbonyl (C=O) groups excluding carboxylic acids is 2. The second-order valence-electron chi connectivity index (χ2n) is 8.35. The zero-order valence-corrected chi connectivity index (χ0v) is 17.9. The molecule has 1 aromatic heterocycles. The average molecular weight is 479 g/mol. The van der Waals surface area contributed by atoms with Crippen molar-refractivity contribution in [2.75, 3.05) is 25.6 Å². The summed E-state index contributed by atoms with van der Waals surface area (Å²) in [6.07, 6.45) is -3.69. The fourth-order valence-electron chi connectivity index (χ4n) is 4.10. The van der Waals surface area contributed by atoms with E-state index in [4.69, 9.17) is 10.5 Å². The van der Waals surface area contributed by atoms with Gasteiger partial charge in [0.05, 0.1) is 25.2 Å². The van der Waals surface area contributed by atoms with Gasteiger partial charge in [-0.05, 0) is 36.5 Å². The number of halogens is 5. The van der Waals surface area contributed by atoms with E-state index in [1.54, 1.807) is 0 Å². The maximum Gasteiger partial charge on any atom is 0.410 e. The Balaban J connectivity index is 1.70. The summed E-state index contributed by atoms with van der Waals surface area (Å²) < 4.78 is 71.0. The number of carbonyl (C=O) groups is 2. The Morgan fingerprint density at radius 2 is 2.06 bits per heavy atom. The van der Waals surface area contributed by atoms with Crippen molar-refractivity contribution in [3.63, 3.8) is 0 Å². The lowest BCUT2D eigenvalue weighted by Gasteiger charge is -2.31. The van der Waals surface area contributed by atoms with Crippen molar-refractivity contribution in [2.45, 2.75) is 55.9 Å². The minimum atomic E-state index is -4.60. The van der Waals surface area contributed by atoms with E-state index in [9.17, 15) is 31.5 Å². The Hall–Kier alpha value is -2.54. The summed E-state index contributed by atoms with van der Waals surface area (Å²) in [5.74, 6) is -3.68. The van der Waals surface area contributed by atoms with E-state index in [1.165, 1.54) is 25.4 Å². The maximum absolute atomic E-state index is 13.4. The third-order valence-electron chi connectivity index (χ3n) is 6.03. The van der Waals surface area contributed by atoms with Gasteiger partial charge in [-0.3, -0.25) is 4.79 Å². The van der Waals surface area contributed by atoms with Crippen LogP contribution < -0.4 is 16.4 Å². The summed E-state index contributed by atoms with van der Waals surface area (Å²) in [6.45, 7) is -0.692. The molecule has 3 amide bonds. The van der Waals surface area contributed by atoms with Gasteiger partial charge in [0.25, 0.3) is 0 Å². The minimum absolute atomic E-state index is 0.0715. The van der Waals surface area contributed by atoms with E-state index in [0.29, 0.717) is 5.56 Å². The molecule has 3 rings (SSSR count). The lowest BCUT2D eigenvalue weighted by molar-refractivity contribution is -0.150. The SMILES string of the molecule is COC[C@H](c1ccnc(NC(=O)[C@@H](N)C2CCC(F)(F)CC2)c1)N1C[C@@H](C(F)(F)F)NC1=O. The summed E-state index contributed by atoms with van der Waals surface area (Å²) in [5, 5.41) is 4.44. The lowest BCUT2D eigenvalue weighted by atomic mass is 9.82. The van der Waals surface area contributed by atoms with Crippen LogP contribution in [0.25, 0.3) is 0 Å². The molecule has 184 valence electrons. The number of nitrogens with two attached hydrogens (primary N) is 1. The summed E-state index contributed by atoms with van der Waals surface area (Å²) >= 11 is 0. The number of nitrogens with zero attached hydrogens (tertiary/aromatic N) is 2. The Morgan fingerprint density at radius 3 is 2.64 bits per heavy atom. The number of hydrogen-bond donors (Lipinski definition) is 3. The van der Waals surface area contributed by atoms with Crippen molar-refractivity contribution in [2.24, 2.45) is 11.7 Å². The van der Waals surface area contributed by atoms with Crippen LogP contribution in [0.15, 0.2) is 18.3 Å². The molecule has 1 aliphatic heterocycles.